The number of hydrogen-bond donors (Lipinski definition) is 0. The normalized spacial score (nSPS) is 9.95. The van der Waals surface area contributed by atoms with Gasteiger partial charge in [0, 0.05) is 30.9 Å². The molecule has 0 fully saturated rings. The van der Waals surface area contributed by atoms with Crippen molar-refractivity contribution in [2.45, 2.75) is 6.42 Å². The molecule has 1 heterocycles. The Bertz CT molecular complexity index is 609. The zero-order valence-electron chi connectivity index (χ0n) is 9.94. The molecule has 2 aromatic rings. The van der Waals surface area contributed by atoms with Crippen molar-refractivity contribution in [2.24, 2.45) is 0 Å². The zero-order chi connectivity index (χ0) is 13.7. The molecule has 0 aliphatic heterocycles. The van der Waals surface area contributed by atoms with Crippen molar-refractivity contribution < 1.29 is 13.5 Å². The Kier molecular flexibility index (Phi) is 4.04. The van der Waals surface area contributed by atoms with Crippen molar-refractivity contribution in [1.82, 2.24) is 4.98 Å². The third-order valence-electron chi connectivity index (χ3n) is 2.50. The van der Waals surface area contributed by atoms with Crippen LogP contribution in [0.15, 0.2) is 36.7 Å². The molecule has 0 atom stereocenters. The number of pyridine rings is 1. The van der Waals surface area contributed by atoms with Crippen molar-refractivity contribution in [1.29, 1.82) is 5.26 Å². The van der Waals surface area contributed by atoms with E-state index in [1.165, 1.54) is 0 Å². The Morgan fingerprint density at radius 1 is 1.32 bits per heavy atom. The molecule has 0 aliphatic carbocycles. The predicted molar refractivity (Wildman–Crippen MR) is 64.5 cm³/mol. The lowest BCUT2D eigenvalue weighted by Gasteiger charge is -2.08. The molecular weight excluding hydrogens is 250 g/mol. The Morgan fingerprint density at radius 3 is 2.84 bits per heavy atom. The smallest absolute Gasteiger partial charge is 0.147 e. The van der Waals surface area contributed by atoms with Crippen LogP contribution in [-0.2, 0) is 6.42 Å². The lowest BCUT2D eigenvalue weighted by atomic mass is 10.2. The first kappa shape index (κ1) is 13.0. The molecule has 0 spiro atoms. The number of rotatable bonds is 4. The number of aromatic nitrogens is 1. The first-order chi connectivity index (χ1) is 9.20. The highest BCUT2D eigenvalue weighted by molar-refractivity contribution is 5.44. The largest absolute Gasteiger partial charge is 0.492 e. The second-order valence-electron chi connectivity index (χ2n) is 3.83. The van der Waals surface area contributed by atoms with E-state index in [9.17, 15) is 8.78 Å². The van der Waals surface area contributed by atoms with Crippen LogP contribution in [0.3, 0.4) is 0 Å². The summed E-state index contributed by atoms with van der Waals surface area (Å²) in [5, 5.41) is 8.80. The highest BCUT2D eigenvalue weighted by Crippen LogP contribution is 2.22. The molecular formula is C14H10F2N2O. The maximum absolute atomic E-state index is 13.3. The van der Waals surface area contributed by atoms with Crippen LogP contribution in [0.2, 0.25) is 0 Å². The topological polar surface area (TPSA) is 45.9 Å². The number of halogens is 2. The van der Waals surface area contributed by atoms with Gasteiger partial charge in [-0.15, -0.1) is 0 Å². The summed E-state index contributed by atoms with van der Waals surface area (Å²) < 4.78 is 31.6. The molecule has 0 amide bonds. The lowest BCUT2D eigenvalue weighted by molar-refractivity contribution is 0.317. The Morgan fingerprint density at radius 2 is 2.16 bits per heavy atom. The van der Waals surface area contributed by atoms with Crippen LogP contribution < -0.4 is 4.74 Å². The number of ether oxygens (including phenoxy) is 1. The third-order valence-corrected chi connectivity index (χ3v) is 2.50. The van der Waals surface area contributed by atoms with E-state index in [1.807, 2.05) is 6.07 Å². The standard InChI is InChI=1S/C14H10F2N2O/c15-11-6-13(16)12(8-17)14(7-11)19-5-3-10-2-1-4-18-9-10/h1-2,4,6-7,9H,3,5H2. The van der Waals surface area contributed by atoms with Crippen molar-refractivity contribution in [3.05, 3.63) is 59.4 Å². The molecule has 0 bridgehead atoms. The quantitative estimate of drug-likeness (QED) is 0.849. The van der Waals surface area contributed by atoms with Crippen LogP contribution in [-0.4, -0.2) is 11.6 Å². The van der Waals surface area contributed by atoms with E-state index < -0.39 is 11.6 Å². The number of hydrogen-bond acceptors (Lipinski definition) is 3. The Balaban J connectivity index is 2.06. The van der Waals surface area contributed by atoms with E-state index in [0.717, 1.165) is 11.6 Å². The van der Waals surface area contributed by atoms with Gasteiger partial charge in [-0.3, -0.25) is 4.98 Å². The fourth-order valence-electron chi connectivity index (χ4n) is 1.60. The van der Waals surface area contributed by atoms with Crippen LogP contribution in [0, 0.1) is 23.0 Å². The van der Waals surface area contributed by atoms with Gasteiger partial charge in [-0.2, -0.15) is 5.26 Å². The van der Waals surface area contributed by atoms with Gasteiger partial charge in [0.15, 0.2) is 0 Å². The average molecular weight is 260 g/mol. The van der Waals surface area contributed by atoms with E-state index in [0.29, 0.717) is 12.5 Å². The predicted octanol–water partition coefficient (Wildman–Crippen LogP) is 2.85. The van der Waals surface area contributed by atoms with Gasteiger partial charge in [0.2, 0.25) is 0 Å². The maximum atomic E-state index is 13.3. The monoisotopic (exact) mass is 260 g/mol. The van der Waals surface area contributed by atoms with Crippen LogP contribution in [0.25, 0.3) is 0 Å². The number of benzene rings is 1. The van der Waals surface area contributed by atoms with Crippen LogP contribution in [0.1, 0.15) is 11.1 Å². The van der Waals surface area contributed by atoms with E-state index >= 15 is 0 Å². The average Bonchev–Trinajstić information content (AvgIpc) is 2.39. The molecule has 0 unspecified atom stereocenters. The summed E-state index contributed by atoms with van der Waals surface area (Å²) in [4.78, 5) is 3.94. The minimum Gasteiger partial charge on any atom is -0.492 e. The molecule has 1 aromatic heterocycles. The number of nitrogens with zero attached hydrogens (tertiary/aromatic N) is 2. The van der Waals surface area contributed by atoms with Crippen molar-refractivity contribution in [3.8, 4) is 11.8 Å². The summed E-state index contributed by atoms with van der Waals surface area (Å²) in [6, 6.07) is 6.98. The summed E-state index contributed by atoms with van der Waals surface area (Å²) >= 11 is 0. The van der Waals surface area contributed by atoms with Crippen LogP contribution in [0.5, 0.6) is 5.75 Å². The van der Waals surface area contributed by atoms with Gasteiger partial charge >= 0.3 is 0 Å². The summed E-state index contributed by atoms with van der Waals surface area (Å²) in [7, 11) is 0. The van der Waals surface area contributed by atoms with Crippen LogP contribution in [0.4, 0.5) is 8.78 Å². The molecule has 1 aromatic carbocycles. The molecule has 2 rings (SSSR count). The van der Waals surface area contributed by atoms with Crippen molar-refractivity contribution >= 4 is 0 Å². The summed E-state index contributed by atoms with van der Waals surface area (Å²) in [5.41, 5.74) is 0.658. The highest BCUT2D eigenvalue weighted by Gasteiger charge is 2.12. The Hall–Kier alpha value is -2.48. The summed E-state index contributed by atoms with van der Waals surface area (Å²) in [5.74, 6) is -1.77. The second kappa shape index (κ2) is 5.91. The van der Waals surface area contributed by atoms with Gasteiger partial charge < -0.3 is 4.74 Å². The number of nitriles is 1. The minimum absolute atomic E-state index is 0.0797. The zero-order valence-corrected chi connectivity index (χ0v) is 9.94. The molecule has 0 N–H and O–H groups in total. The van der Waals surface area contributed by atoms with Gasteiger partial charge in [0.05, 0.1) is 6.61 Å². The fourth-order valence-corrected chi connectivity index (χ4v) is 1.60. The molecule has 5 heteroatoms. The first-order valence-electron chi connectivity index (χ1n) is 5.61. The third kappa shape index (κ3) is 3.26. The molecule has 0 aliphatic rings. The van der Waals surface area contributed by atoms with E-state index in [-0.39, 0.29) is 17.9 Å². The summed E-state index contributed by atoms with van der Waals surface area (Å²) in [6.07, 6.45) is 3.87. The van der Waals surface area contributed by atoms with Gasteiger partial charge in [-0.05, 0) is 11.6 Å². The van der Waals surface area contributed by atoms with E-state index in [4.69, 9.17) is 10.00 Å². The molecule has 0 saturated carbocycles. The minimum atomic E-state index is -0.918. The summed E-state index contributed by atoms with van der Waals surface area (Å²) in [6.45, 7) is 0.212. The van der Waals surface area contributed by atoms with Crippen molar-refractivity contribution in [3.63, 3.8) is 0 Å². The lowest BCUT2D eigenvalue weighted by Crippen LogP contribution is -2.04. The molecule has 0 radical (unpaired) electrons. The van der Waals surface area contributed by atoms with Gasteiger partial charge in [-0.25, -0.2) is 8.78 Å². The van der Waals surface area contributed by atoms with E-state index in [2.05, 4.69) is 4.98 Å². The highest BCUT2D eigenvalue weighted by atomic mass is 19.1. The SMILES string of the molecule is N#Cc1c(F)cc(F)cc1OCCc1cccnc1. The molecule has 19 heavy (non-hydrogen) atoms. The first-order valence-corrected chi connectivity index (χ1v) is 5.61. The molecule has 96 valence electrons. The maximum Gasteiger partial charge on any atom is 0.147 e. The Labute approximate surface area is 109 Å². The van der Waals surface area contributed by atoms with Gasteiger partial charge in [-0.1, -0.05) is 6.07 Å². The van der Waals surface area contributed by atoms with Gasteiger partial charge in [0.1, 0.15) is 29.0 Å². The van der Waals surface area contributed by atoms with Crippen LogP contribution >= 0.6 is 0 Å². The molecule has 0 saturated heterocycles. The van der Waals surface area contributed by atoms with Crippen molar-refractivity contribution in [2.75, 3.05) is 6.61 Å². The second-order valence-corrected chi connectivity index (χ2v) is 3.83. The van der Waals surface area contributed by atoms with Gasteiger partial charge in [0.25, 0.3) is 0 Å². The van der Waals surface area contributed by atoms with E-state index in [1.54, 1.807) is 24.5 Å². The molecule has 3 nitrogen and oxygen atoms in total. The fraction of sp³-hybridized carbons (Fsp3) is 0.143.